The molecule has 0 atom stereocenters. The third-order valence-electron chi connectivity index (χ3n) is 2.12. The number of aryl methyl sites for hydroxylation is 1. The van der Waals surface area contributed by atoms with E-state index in [4.69, 9.17) is 5.11 Å². The van der Waals surface area contributed by atoms with E-state index < -0.39 is 0 Å². The predicted molar refractivity (Wildman–Crippen MR) is 53.5 cm³/mol. The van der Waals surface area contributed by atoms with Crippen molar-refractivity contribution in [2.45, 2.75) is 32.1 Å². The van der Waals surface area contributed by atoms with E-state index >= 15 is 0 Å². The number of aliphatic hydroxyl groups excluding tert-OH is 1. The molecule has 1 heterocycles. The fourth-order valence-corrected chi connectivity index (χ4v) is 1.34. The summed E-state index contributed by atoms with van der Waals surface area (Å²) in [5, 5.41) is 8.57. The molecular weight excluding hydrogens is 162 g/mol. The average molecular weight is 179 g/mol. The summed E-state index contributed by atoms with van der Waals surface area (Å²) in [6.07, 6.45) is 9.31. The van der Waals surface area contributed by atoms with E-state index in [-0.39, 0.29) is 0 Å². The summed E-state index contributed by atoms with van der Waals surface area (Å²) in [6, 6.07) is 4.12. The van der Waals surface area contributed by atoms with Crippen molar-refractivity contribution in [3.05, 3.63) is 30.1 Å². The monoisotopic (exact) mass is 179 g/mol. The minimum Gasteiger partial charge on any atom is -0.396 e. The molecule has 1 N–H and O–H groups in total. The molecule has 2 nitrogen and oxygen atoms in total. The quantitative estimate of drug-likeness (QED) is 0.679. The van der Waals surface area contributed by atoms with Gasteiger partial charge in [-0.1, -0.05) is 12.8 Å². The van der Waals surface area contributed by atoms with E-state index in [0.29, 0.717) is 6.61 Å². The highest BCUT2D eigenvalue weighted by Crippen LogP contribution is 2.06. The standard InChI is InChI=1S/C11H17NO/c13-10-4-2-1-3-5-11-6-8-12-9-7-11/h6-9,13H,1-5,10H2. The maximum Gasteiger partial charge on any atom is 0.0431 e. The van der Waals surface area contributed by atoms with Gasteiger partial charge in [-0.3, -0.25) is 4.98 Å². The summed E-state index contributed by atoms with van der Waals surface area (Å²) < 4.78 is 0. The second kappa shape index (κ2) is 6.61. The van der Waals surface area contributed by atoms with E-state index in [2.05, 4.69) is 17.1 Å². The lowest BCUT2D eigenvalue weighted by Gasteiger charge is -2.00. The van der Waals surface area contributed by atoms with Crippen LogP contribution < -0.4 is 0 Å². The number of nitrogens with zero attached hydrogens (tertiary/aromatic N) is 1. The van der Waals surface area contributed by atoms with Crippen LogP contribution in [0.15, 0.2) is 24.5 Å². The molecule has 0 amide bonds. The Kier molecular flexibility index (Phi) is 5.18. The number of pyridine rings is 1. The lowest BCUT2D eigenvalue weighted by Crippen LogP contribution is -1.87. The normalized spacial score (nSPS) is 10.2. The van der Waals surface area contributed by atoms with E-state index in [1.807, 2.05) is 12.4 Å². The molecule has 0 saturated heterocycles. The van der Waals surface area contributed by atoms with Gasteiger partial charge in [0.2, 0.25) is 0 Å². The number of rotatable bonds is 6. The van der Waals surface area contributed by atoms with E-state index in [1.54, 1.807) is 0 Å². The van der Waals surface area contributed by atoms with Crippen LogP contribution in [0.25, 0.3) is 0 Å². The molecule has 0 aliphatic carbocycles. The van der Waals surface area contributed by atoms with Crippen LogP contribution in [-0.4, -0.2) is 16.7 Å². The minimum atomic E-state index is 0.329. The molecule has 0 bridgehead atoms. The van der Waals surface area contributed by atoms with Gasteiger partial charge in [-0.25, -0.2) is 0 Å². The van der Waals surface area contributed by atoms with Crippen LogP contribution in [-0.2, 0) is 6.42 Å². The van der Waals surface area contributed by atoms with E-state index in [9.17, 15) is 0 Å². The second-order valence-corrected chi connectivity index (χ2v) is 3.24. The SMILES string of the molecule is OCCCCCCc1ccncc1. The first-order valence-corrected chi connectivity index (χ1v) is 4.93. The van der Waals surface area contributed by atoms with Crippen LogP contribution in [0, 0.1) is 0 Å². The Balaban J connectivity index is 2.07. The third kappa shape index (κ3) is 4.63. The Morgan fingerprint density at radius 2 is 1.69 bits per heavy atom. The number of aliphatic hydroxyl groups is 1. The van der Waals surface area contributed by atoms with Crippen molar-refractivity contribution in [1.82, 2.24) is 4.98 Å². The van der Waals surface area contributed by atoms with Gasteiger partial charge >= 0.3 is 0 Å². The maximum atomic E-state index is 8.57. The Morgan fingerprint density at radius 3 is 2.38 bits per heavy atom. The summed E-state index contributed by atoms with van der Waals surface area (Å²) in [5.41, 5.74) is 1.36. The van der Waals surface area contributed by atoms with Crippen molar-refractivity contribution in [1.29, 1.82) is 0 Å². The summed E-state index contributed by atoms with van der Waals surface area (Å²) >= 11 is 0. The molecule has 0 fully saturated rings. The van der Waals surface area contributed by atoms with Crippen molar-refractivity contribution in [2.24, 2.45) is 0 Å². The Labute approximate surface area is 79.6 Å². The van der Waals surface area contributed by atoms with Crippen molar-refractivity contribution in [3.8, 4) is 0 Å². The molecule has 0 aliphatic heterocycles. The van der Waals surface area contributed by atoms with Gasteiger partial charge in [0.15, 0.2) is 0 Å². The Hall–Kier alpha value is -0.890. The molecule has 1 rings (SSSR count). The van der Waals surface area contributed by atoms with Gasteiger partial charge in [0.25, 0.3) is 0 Å². The first-order valence-electron chi connectivity index (χ1n) is 4.93. The molecule has 2 heteroatoms. The Morgan fingerprint density at radius 1 is 1.00 bits per heavy atom. The van der Waals surface area contributed by atoms with Gasteiger partial charge in [-0.15, -0.1) is 0 Å². The molecule has 0 unspecified atom stereocenters. The molecule has 1 aromatic rings. The fourth-order valence-electron chi connectivity index (χ4n) is 1.34. The van der Waals surface area contributed by atoms with Crippen LogP contribution in [0.3, 0.4) is 0 Å². The zero-order valence-electron chi connectivity index (χ0n) is 7.95. The van der Waals surface area contributed by atoms with Gasteiger partial charge in [0.05, 0.1) is 0 Å². The number of hydrogen-bond donors (Lipinski definition) is 1. The lowest BCUT2D eigenvalue weighted by molar-refractivity contribution is 0.282. The third-order valence-corrected chi connectivity index (χ3v) is 2.12. The molecule has 72 valence electrons. The minimum absolute atomic E-state index is 0.329. The fraction of sp³-hybridized carbons (Fsp3) is 0.545. The first-order chi connectivity index (χ1) is 6.43. The molecule has 1 aromatic heterocycles. The van der Waals surface area contributed by atoms with Crippen LogP contribution in [0.2, 0.25) is 0 Å². The first kappa shape index (κ1) is 10.2. The van der Waals surface area contributed by atoms with Crippen molar-refractivity contribution < 1.29 is 5.11 Å². The molecule has 0 spiro atoms. The van der Waals surface area contributed by atoms with Crippen LogP contribution in [0.5, 0.6) is 0 Å². The van der Waals surface area contributed by atoms with E-state index in [0.717, 1.165) is 19.3 Å². The summed E-state index contributed by atoms with van der Waals surface area (Å²) in [6.45, 7) is 0.329. The average Bonchev–Trinajstić information content (AvgIpc) is 2.19. The summed E-state index contributed by atoms with van der Waals surface area (Å²) in [4.78, 5) is 3.97. The van der Waals surface area contributed by atoms with E-state index in [1.165, 1.54) is 18.4 Å². The number of hydrogen-bond acceptors (Lipinski definition) is 2. The summed E-state index contributed by atoms with van der Waals surface area (Å²) in [7, 11) is 0. The Bertz CT molecular complexity index is 211. The highest BCUT2D eigenvalue weighted by atomic mass is 16.2. The van der Waals surface area contributed by atoms with Gasteiger partial charge in [0.1, 0.15) is 0 Å². The van der Waals surface area contributed by atoms with Gasteiger partial charge in [-0.2, -0.15) is 0 Å². The van der Waals surface area contributed by atoms with Gasteiger partial charge in [-0.05, 0) is 37.0 Å². The second-order valence-electron chi connectivity index (χ2n) is 3.24. The smallest absolute Gasteiger partial charge is 0.0431 e. The van der Waals surface area contributed by atoms with Crippen molar-refractivity contribution >= 4 is 0 Å². The van der Waals surface area contributed by atoms with Crippen LogP contribution >= 0.6 is 0 Å². The number of unbranched alkanes of at least 4 members (excludes halogenated alkanes) is 3. The lowest BCUT2D eigenvalue weighted by atomic mass is 10.1. The molecular formula is C11H17NO. The van der Waals surface area contributed by atoms with Crippen molar-refractivity contribution in [2.75, 3.05) is 6.61 Å². The zero-order chi connectivity index (χ0) is 9.36. The highest BCUT2D eigenvalue weighted by molar-refractivity contribution is 5.09. The summed E-state index contributed by atoms with van der Waals surface area (Å²) in [5.74, 6) is 0. The predicted octanol–water partition coefficient (Wildman–Crippen LogP) is 2.18. The highest BCUT2D eigenvalue weighted by Gasteiger charge is 1.92. The van der Waals surface area contributed by atoms with Crippen molar-refractivity contribution in [3.63, 3.8) is 0 Å². The maximum absolute atomic E-state index is 8.57. The molecule has 0 aliphatic rings. The largest absolute Gasteiger partial charge is 0.396 e. The molecule has 0 saturated carbocycles. The van der Waals surface area contributed by atoms with Gasteiger partial charge in [0, 0.05) is 19.0 Å². The van der Waals surface area contributed by atoms with Gasteiger partial charge < -0.3 is 5.11 Å². The number of aromatic nitrogens is 1. The molecule has 0 aromatic carbocycles. The van der Waals surface area contributed by atoms with Crippen LogP contribution in [0.1, 0.15) is 31.2 Å². The molecule has 13 heavy (non-hydrogen) atoms. The van der Waals surface area contributed by atoms with Crippen LogP contribution in [0.4, 0.5) is 0 Å². The zero-order valence-corrected chi connectivity index (χ0v) is 7.95. The molecule has 0 radical (unpaired) electrons. The topological polar surface area (TPSA) is 33.1 Å².